The zero-order valence-electron chi connectivity index (χ0n) is 10.8. The number of nitrogens with zero attached hydrogens (tertiary/aromatic N) is 2. The maximum Gasteiger partial charge on any atom is 0.290 e. The van der Waals surface area contributed by atoms with Crippen LogP contribution in [-0.4, -0.2) is 55.2 Å². The third-order valence-electron chi connectivity index (χ3n) is 3.09. The van der Waals surface area contributed by atoms with Gasteiger partial charge in [-0.05, 0) is 12.1 Å². The first-order valence-corrected chi connectivity index (χ1v) is 7.84. The summed E-state index contributed by atoms with van der Waals surface area (Å²) in [7, 11) is -4.12. The minimum Gasteiger partial charge on any atom is -0.395 e. The number of halogens is 1. The van der Waals surface area contributed by atoms with E-state index in [4.69, 9.17) is 16.3 Å². The predicted molar refractivity (Wildman–Crippen MR) is 73.7 cm³/mol. The van der Waals surface area contributed by atoms with E-state index in [0.29, 0.717) is 0 Å². The van der Waals surface area contributed by atoms with Crippen LogP contribution in [0.2, 0.25) is 5.02 Å². The Bertz CT molecular complexity index is 650. The van der Waals surface area contributed by atoms with Gasteiger partial charge in [-0.25, -0.2) is 8.42 Å². The number of hydrogen-bond acceptors (Lipinski definition) is 6. The van der Waals surface area contributed by atoms with Crippen LogP contribution in [-0.2, 0) is 14.8 Å². The molecule has 0 aliphatic carbocycles. The quantitative estimate of drug-likeness (QED) is 0.638. The van der Waals surface area contributed by atoms with Crippen molar-refractivity contribution in [2.24, 2.45) is 0 Å². The van der Waals surface area contributed by atoms with Crippen molar-refractivity contribution in [1.29, 1.82) is 0 Å². The number of ether oxygens (including phenoxy) is 1. The molecular weight excluding hydrogens is 324 g/mol. The van der Waals surface area contributed by atoms with Gasteiger partial charge < -0.3 is 9.84 Å². The first-order valence-electron chi connectivity index (χ1n) is 6.02. The van der Waals surface area contributed by atoms with Crippen LogP contribution >= 0.6 is 11.6 Å². The van der Waals surface area contributed by atoms with Crippen LogP contribution in [0, 0.1) is 10.1 Å². The maximum atomic E-state index is 12.6. The molecule has 1 saturated heterocycles. The summed E-state index contributed by atoms with van der Waals surface area (Å²) in [6, 6.07) is 2.59. The molecule has 0 saturated carbocycles. The van der Waals surface area contributed by atoms with E-state index in [2.05, 4.69) is 0 Å². The average molecular weight is 337 g/mol. The number of nitro groups is 1. The van der Waals surface area contributed by atoms with Gasteiger partial charge in [0.15, 0.2) is 4.90 Å². The first kappa shape index (κ1) is 16.1. The summed E-state index contributed by atoms with van der Waals surface area (Å²) in [5.41, 5.74) is -0.592. The molecule has 1 aromatic carbocycles. The summed E-state index contributed by atoms with van der Waals surface area (Å²) in [6.07, 6.45) is 0. The van der Waals surface area contributed by atoms with E-state index in [9.17, 15) is 23.6 Å². The van der Waals surface area contributed by atoms with E-state index in [1.54, 1.807) is 0 Å². The van der Waals surface area contributed by atoms with E-state index in [1.165, 1.54) is 6.07 Å². The number of morpholine rings is 1. The molecule has 10 heteroatoms. The first-order chi connectivity index (χ1) is 9.87. The lowest BCUT2D eigenvalue weighted by atomic mass is 10.3. The largest absolute Gasteiger partial charge is 0.395 e. The summed E-state index contributed by atoms with van der Waals surface area (Å²) in [5, 5.41) is 20.4. The predicted octanol–water partition coefficient (Wildman–Crippen LogP) is 0.630. The van der Waals surface area contributed by atoms with E-state index in [-0.39, 0.29) is 24.8 Å². The van der Waals surface area contributed by atoms with Gasteiger partial charge >= 0.3 is 0 Å². The van der Waals surface area contributed by atoms with Crippen LogP contribution in [0.4, 0.5) is 5.69 Å². The molecule has 1 atom stereocenters. The number of rotatable bonds is 4. The SMILES string of the molecule is O=[N+]([O-])c1cc(Cl)ccc1S(=O)(=O)N1CCOCC1CO. The van der Waals surface area contributed by atoms with Crippen LogP contribution in [0.3, 0.4) is 0 Å². The third kappa shape index (κ3) is 3.16. The van der Waals surface area contributed by atoms with Gasteiger partial charge in [-0.1, -0.05) is 11.6 Å². The van der Waals surface area contributed by atoms with Crippen LogP contribution in [0.5, 0.6) is 0 Å². The normalized spacial score (nSPS) is 20.4. The zero-order chi connectivity index (χ0) is 15.6. The fraction of sp³-hybridized carbons (Fsp3) is 0.455. The van der Waals surface area contributed by atoms with Crippen LogP contribution < -0.4 is 0 Å². The molecule has 1 N–H and O–H groups in total. The standard InChI is InChI=1S/C11H13ClN2O6S/c12-8-1-2-11(10(5-8)14(16)17)21(18,19)13-3-4-20-7-9(13)6-15/h1-2,5,9,15H,3-4,6-7H2. The van der Waals surface area contributed by atoms with Crippen molar-refractivity contribution in [2.75, 3.05) is 26.4 Å². The number of benzene rings is 1. The molecule has 1 aromatic rings. The van der Waals surface area contributed by atoms with Gasteiger partial charge in [-0.2, -0.15) is 4.31 Å². The topological polar surface area (TPSA) is 110 Å². The lowest BCUT2D eigenvalue weighted by Crippen LogP contribution is -2.50. The highest BCUT2D eigenvalue weighted by molar-refractivity contribution is 7.89. The molecule has 1 heterocycles. The van der Waals surface area contributed by atoms with E-state index in [1.807, 2.05) is 0 Å². The van der Waals surface area contributed by atoms with Crippen molar-refractivity contribution in [2.45, 2.75) is 10.9 Å². The summed E-state index contributed by atoms with van der Waals surface area (Å²) >= 11 is 5.68. The van der Waals surface area contributed by atoms with Gasteiger partial charge in [0.05, 0.1) is 30.8 Å². The van der Waals surface area contributed by atoms with Crippen LogP contribution in [0.1, 0.15) is 0 Å². The molecule has 2 rings (SSSR count). The highest BCUT2D eigenvalue weighted by atomic mass is 35.5. The highest BCUT2D eigenvalue weighted by Gasteiger charge is 2.37. The Kier molecular flexibility index (Phi) is 4.79. The van der Waals surface area contributed by atoms with Crippen molar-refractivity contribution in [3.63, 3.8) is 0 Å². The molecule has 0 amide bonds. The third-order valence-corrected chi connectivity index (χ3v) is 5.32. The van der Waals surface area contributed by atoms with Gasteiger partial charge in [0.25, 0.3) is 5.69 Å². The lowest BCUT2D eigenvalue weighted by molar-refractivity contribution is -0.387. The Hall–Kier alpha value is -1.26. The number of sulfonamides is 1. The van der Waals surface area contributed by atoms with Gasteiger partial charge in [0.2, 0.25) is 10.0 Å². The van der Waals surface area contributed by atoms with Gasteiger partial charge in [0.1, 0.15) is 0 Å². The molecule has 0 bridgehead atoms. The summed E-state index contributed by atoms with van der Waals surface area (Å²) in [6.45, 7) is -0.206. The Morgan fingerprint density at radius 1 is 1.52 bits per heavy atom. The van der Waals surface area contributed by atoms with E-state index >= 15 is 0 Å². The Labute approximate surface area is 126 Å². The summed E-state index contributed by atoms with van der Waals surface area (Å²) in [4.78, 5) is 9.80. The second-order valence-electron chi connectivity index (χ2n) is 4.40. The Morgan fingerprint density at radius 3 is 2.86 bits per heavy atom. The van der Waals surface area contributed by atoms with Crippen molar-refractivity contribution >= 4 is 27.3 Å². The number of hydrogen-bond donors (Lipinski definition) is 1. The highest BCUT2D eigenvalue weighted by Crippen LogP contribution is 2.30. The smallest absolute Gasteiger partial charge is 0.290 e. The van der Waals surface area contributed by atoms with Crippen molar-refractivity contribution < 1.29 is 23.2 Å². The fourth-order valence-corrected chi connectivity index (χ4v) is 3.97. The van der Waals surface area contributed by atoms with Crippen molar-refractivity contribution in [3.8, 4) is 0 Å². The molecule has 0 spiro atoms. The van der Waals surface area contributed by atoms with Crippen LogP contribution in [0.15, 0.2) is 23.1 Å². The Morgan fingerprint density at radius 2 is 2.24 bits per heavy atom. The minimum absolute atomic E-state index is 0.0212. The number of aliphatic hydroxyl groups is 1. The molecular formula is C11H13ClN2O6S. The molecule has 116 valence electrons. The summed E-state index contributed by atoms with van der Waals surface area (Å²) < 4.78 is 31.3. The monoisotopic (exact) mass is 336 g/mol. The minimum atomic E-state index is -4.12. The molecule has 0 radical (unpaired) electrons. The van der Waals surface area contributed by atoms with Gasteiger partial charge in [-0.3, -0.25) is 10.1 Å². The molecule has 1 fully saturated rings. The average Bonchev–Trinajstić information content (AvgIpc) is 2.46. The number of aliphatic hydroxyl groups excluding tert-OH is 1. The second-order valence-corrected chi connectivity index (χ2v) is 6.69. The van der Waals surface area contributed by atoms with Crippen LogP contribution in [0.25, 0.3) is 0 Å². The molecule has 1 unspecified atom stereocenters. The number of nitro benzene ring substituents is 1. The second kappa shape index (κ2) is 6.24. The van der Waals surface area contributed by atoms with Crippen molar-refractivity contribution in [1.82, 2.24) is 4.31 Å². The van der Waals surface area contributed by atoms with Gasteiger partial charge in [-0.15, -0.1) is 0 Å². The molecule has 21 heavy (non-hydrogen) atoms. The molecule has 0 aromatic heterocycles. The fourth-order valence-electron chi connectivity index (χ4n) is 2.08. The molecule has 1 aliphatic rings. The molecule has 1 aliphatic heterocycles. The lowest BCUT2D eigenvalue weighted by Gasteiger charge is -2.33. The Balaban J connectivity index is 2.51. The van der Waals surface area contributed by atoms with E-state index in [0.717, 1.165) is 16.4 Å². The van der Waals surface area contributed by atoms with Gasteiger partial charge in [0, 0.05) is 17.6 Å². The van der Waals surface area contributed by atoms with E-state index < -0.39 is 38.2 Å². The molecule has 8 nitrogen and oxygen atoms in total. The summed E-state index contributed by atoms with van der Waals surface area (Å²) in [5.74, 6) is 0. The maximum absolute atomic E-state index is 12.6. The zero-order valence-corrected chi connectivity index (χ0v) is 12.4. The van der Waals surface area contributed by atoms with Crippen molar-refractivity contribution in [3.05, 3.63) is 33.3 Å².